The Kier molecular flexibility index (Phi) is 5.33. The van der Waals surface area contributed by atoms with Crippen molar-refractivity contribution in [1.29, 1.82) is 0 Å². The van der Waals surface area contributed by atoms with E-state index in [0.717, 1.165) is 17.4 Å². The molecule has 1 unspecified atom stereocenters. The molecule has 0 amide bonds. The quantitative estimate of drug-likeness (QED) is 0.779. The molecule has 2 atom stereocenters. The van der Waals surface area contributed by atoms with Crippen molar-refractivity contribution in [2.24, 2.45) is 0 Å². The van der Waals surface area contributed by atoms with Crippen LogP contribution >= 0.6 is 0 Å². The lowest BCUT2D eigenvalue weighted by Crippen LogP contribution is -2.36. The number of ether oxygens (including phenoxy) is 1. The second-order valence-electron chi connectivity index (χ2n) is 6.16. The molecule has 1 fully saturated rings. The number of benzene rings is 2. The molecular weight excluding hydrogens is 324 g/mol. The van der Waals surface area contributed by atoms with Gasteiger partial charge in [-0.25, -0.2) is 0 Å². The summed E-state index contributed by atoms with van der Waals surface area (Å²) >= 11 is 0. The zero-order chi connectivity index (χ0) is 17.0. The van der Waals surface area contributed by atoms with Crippen LogP contribution in [-0.4, -0.2) is 33.5 Å². The molecule has 24 heavy (non-hydrogen) atoms. The molecule has 5 heteroatoms. The number of hydrogen-bond acceptors (Lipinski definition) is 4. The SMILES string of the molecule is CS(=O)(=O)O[C@H]1CCOC(C(c2ccccc2)c2ccccc2)C1. The van der Waals surface area contributed by atoms with Crippen LogP contribution in [0.1, 0.15) is 29.9 Å². The van der Waals surface area contributed by atoms with Crippen molar-refractivity contribution < 1.29 is 17.3 Å². The van der Waals surface area contributed by atoms with Crippen molar-refractivity contribution in [3.05, 3.63) is 71.8 Å². The highest BCUT2D eigenvalue weighted by Gasteiger charge is 2.33. The second-order valence-corrected chi connectivity index (χ2v) is 7.76. The molecule has 0 bridgehead atoms. The van der Waals surface area contributed by atoms with Gasteiger partial charge in [0.2, 0.25) is 0 Å². The van der Waals surface area contributed by atoms with Gasteiger partial charge in [-0.3, -0.25) is 4.18 Å². The summed E-state index contributed by atoms with van der Waals surface area (Å²) in [5.74, 6) is 0.0540. The van der Waals surface area contributed by atoms with Gasteiger partial charge in [0.15, 0.2) is 0 Å². The second kappa shape index (κ2) is 7.47. The van der Waals surface area contributed by atoms with Crippen molar-refractivity contribution in [3.8, 4) is 0 Å². The van der Waals surface area contributed by atoms with Gasteiger partial charge in [0.1, 0.15) is 0 Å². The molecule has 1 aliphatic heterocycles. The first-order chi connectivity index (χ1) is 11.5. The van der Waals surface area contributed by atoms with Gasteiger partial charge >= 0.3 is 0 Å². The summed E-state index contributed by atoms with van der Waals surface area (Å²) < 4.78 is 34.1. The van der Waals surface area contributed by atoms with Gasteiger partial charge in [-0.2, -0.15) is 8.42 Å². The summed E-state index contributed by atoms with van der Waals surface area (Å²) in [6, 6.07) is 20.4. The van der Waals surface area contributed by atoms with Crippen LogP contribution in [0, 0.1) is 0 Å². The number of hydrogen-bond donors (Lipinski definition) is 0. The lowest BCUT2D eigenvalue weighted by Gasteiger charge is -2.34. The maximum absolute atomic E-state index is 11.5. The van der Waals surface area contributed by atoms with E-state index in [1.807, 2.05) is 36.4 Å². The van der Waals surface area contributed by atoms with Crippen LogP contribution in [0.25, 0.3) is 0 Å². The van der Waals surface area contributed by atoms with Crippen molar-refractivity contribution in [3.63, 3.8) is 0 Å². The predicted molar refractivity (Wildman–Crippen MR) is 93.4 cm³/mol. The third-order valence-corrected chi connectivity index (χ3v) is 4.89. The largest absolute Gasteiger partial charge is 0.377 e. The summed E-state index contributed by atoms with van der Waals surface area (Å²) in [6.07, 6.45) is 1.81. The van der Waals surface area contributed by atoms with Gasteiger partial charge in [-0.1, -0.05) is 60.7 Å². The van der Waals surface area contributed by atoms with Crippen LogP contribution in [0.5, 0.6) is 0 Å². The van der Waals surface area contributed by atoms with E-state index < -0.39 is 10.1 Å². The van der Waals surface area contributed by atoms with Crippen molar-refractivity contribution in [2.75, 3.05) is 12.9 Å². The fourth-order valence-corrected chi connectivity index (χ4v) is 3.97. The molecule has 0 N–H and O–H groups in total. The third kappa shape index (κ3) is 4.44. The molecule has 4 nitrogen and oxygen atoms in total. The van der Waals surface area contributed by atoms with E-state index in [4.69, 9.17) is 8.92 Å². The molecule has 1 aliphatic rings. The summed E-state index contributed by atoms with van der Waals surface area (Å²) in [5, 5.41) is 0. The van der Waals surface area contributed by atoms with Gasteiger partial charge < -0.3 is 4.74 Å². The minimum Gasteiger partial charge on any atom is -0.377 e. The summed E-state index contributed by atoms with van der Waals surface area (Å²) in [7, 11) is -3.46. The van der Waals surface area contributed by atoms with Gasteiger partial charge in [-0.15, -0.1) is 0 Å². The Bertz CT molecular complexity index is 704. The lowest BCUT2D eigenvalue weighted by atomic mass is 9.83. The molecule has 2 aromatic rings. The minimum atomic E-state index is -3.46. The first-order valence-electron chi connectivity index (χ1n) is 8.13. The van der Waals surface area contributed by atoms with Crippen LogP contribution in [0.4, 0.5) is 0 Å². The van der Waals surface area contributed by atoms with Crippen molar-refractivity contribution in [2.45, 2.75) is 31.0 Å². The smallest absolute Gasteiger partial charge is 0.264 e. The van der Waals surface area contributed by atoms with Gasteiger partial charge in [-0.05, 0) is 17.5 Å². The lowest BCUT2D eigenvalue weighted by molar-refractivity contribution is -0.0397. The Morgan fingerprint density at radius 1 is 1.00 bits per heavy atom. The summed E-state index contributed by atoms with van der Waals surface area (Å²) in [4.78, 5) is 0. The van der Waals surface area contributed by atoms with Gasteiger partial charge in [0.05, 0.1) is 18.5 Å². The monoisotopic (exact) mass is 346 g/mol. The fourth-order valence-electron chi connectivity index (χ4n) is 3.31. The highest BCUT2D eigenvalue weighted by molar-refractivity contribution is 7.86. The van der Waals surface area contributed by atoms with E-state index in [1.54, 1.807) is 0 Å². The third-order valence-electron chi connectivity index (χ3n) is 4.27. The zero-order valence-electron chi connectivity index (χ0n) is 13.7. The summed E-state index contributed by atoms with van der Waals surface area (Å²) in [5.41, 5.74) is 2.32. The maximum Gasteiger partial charge on any atom is 0.264 e. The van der Waals surface area contributed by atoms with Gasteiger partial charge in [0.25, 0.3) is 10.1 Å². The average Bonchev–Trinajstić information content (AvgIpc) is 2.56. The average molecular weight is 346 g/mol. The first-order valence-corrected chi connectivity index (χ1v) is 9.94. The van der Waals surface area contributed by atoms with Gasteiger partial charge in [0, 0.05) is 18.9 Å². The molecule has 3 rings (SSSR count). The van der Waals surface area contributed by atoms with Crippen LogP contribution in [0.15, 0.2) is 60.7 Å². The van der Waals surface area contributed by atoms with Crippen LogP contribution < -0.4 is 0 Å². The molecular formula is C19H22O4S. The number of rotatable bonds is 5. The first kappa shape index (κ1) is 17.1. The van der Waals surface area contributed by atoms with E-state index in [2.05, 4.69) is 24.3 Å². The molecule has 0 aromatic heterocycles. The fraction of sp³-hybridized carbons (Fsp3) is 0.368. The molecule has 128 valence electrons. The van der Waals surface area contributed by atoms with Crippen molar-refractivity contribution >= 4 is 10.1 Å². The molecule has 1 saturated heterocycles. The maximum atomic E-state index is 11.5. The Morgan fingerprint density at radius 3 is 2.04 bits per heavy atom. The van der Waals surface area contributed by atoms with E-state index in [0.29, 0.717) is 19.4 Å². The minimum absolute atomic E-state index is 0.0540. The van der Waals surface area contributed by atoms with Crippen LogP contribution in [0.3, 0.4) is 0 Å². The Labute approximate surface area is 143 Å². The van der Waals surface area contributed by atoms with Crippen molar-refractivity contribution in [1.82, 2.24) is 0 Å². The molecule has 1 heterocycles. The van der Waals surface area contributed by atoms with Crippen LogP contribution in [0.2, 0.25) is 0 Å². The zero-order valence-corrected chi connectivity index (χ0v) is 14.5. The summed E-state index contributed by atoms with van der Waals surface area (Å²) in [6.45, 7) is 0.501. The van der Waals surface area contributed by atoms with E-state index in [9.17, 15) is 8.42 Å². The molecule has 0 spiro atoms. The Hall–Kier alpha value is -1.69. The van der Waals surface area contributed by atoms with E-state index in [1.165, 1.54) is 0 Å². The highest BCUT2D eigenvalue weighted by Crippen LogP contribution is 2.35. The van der Waals surface area contributed by atoms with E-state index in [-0.39, 0.29) is 18.1 Å². The highest BCUT2D eigenvalue weighted by atomic mass is 32.2. The van der Waals surface area contributed by atoms with Crippen LogP contribution in [-0.2, 0) is 19.0 Å². The Morgan fingerprint density at radius 2 is 1.54 bits per heavy atom. The Balaban J connectivity index is 1.88. The topological polar surface area (TPSA) is 52.6 Å². The molecule has 0 aliphatic carbocycles. The molecule has 2 aromatic carbocycles. The van der Waals surface area contributed by atoms with E-state index >= 15 is 0 Å². The molecule has 0 saturated carbocycles. The predicted octanol–water partition coefficient (Wildman–Crippen LogP) is 3.34. The standard InChI is InChI=1S/C19H22O4S/c1-24(20,21)23-17-12-13-22-18(14-17)19(15-8-4-2-5-9-15)16-10-6-3-7-11-16/h2-11,17-19H,12-14H2,1H3/t17-,18?/m0/s1. The molecule has 0 radical (unpaired) electrons. The normalized spacial score (nSPS) is 21.8.